The number of nitrogens with one attached hydrogen (secondary N) is 1. The van der Waals surface area contributed by atoms with Crippen LogP contribution in [0, 0.1) is 10.1 Å². The van der Waals surface area contributed by atoms with E-state index in [1.807, 2.05) is 0 Å². The van der Waals surface area contributed by atoms with E-state index in [1.165, 1.54) is 12.1 Å². The minimum Gasteiger partial charge on any atom is -0.502 e. The normalized spacial score (nSPS) is 14.9. The Morgan fingerprint density at radius 2 is 2.00 bits per heavy atom. The van der Waals surface area contributed by atoms with Gasteiger partial charge in [-0.25, -0.2) is 0 Å². The zero-order chi connectivity index (χ0) is 22.7. The number of imide groups is 1. The van der Waals surface area contributed by atoms with Gasteiger partial charge in [-0.15, -0.1) is 0 Å². The lowest BCUT2D eigenvalue weighted by molar-refractivity contribution is -0.385. The van der Waals surface area contributed by atoms with Crippen LogP contribution < -0.4 is 5.32 Å². The lowest BCUT2D eigenvalue weighted by atomic mass is 10.2. The van der Waals surface area contributed by atoms with Crippen LogP contribution in [0.1, 0.15) is 15.9 Å². The molecule has 0 aromatic heterocycles. The molecule has 1 aliphatic rings. The second kappa shape index (κ2) is 9.38. The number of carbonyl (C=O) groups is 3. The summed E-state index contributed by atoms with van der Waals surface area (Å²) in [4.78, 5) is 48.0. The summed E-state index contributed by atoms with van der Waals surface area (Å²) in [6, 6.07) is 8.07. The number of amides is 3. The molecule has 2 N–H and O–H groups in total. The Hall–Kier alpha value is -3.08. The fraction of sp³-hybridized carbons (Fsp3) is 0.105. The Morgan fingerprint density at radius 1 is 1.26 bits per heavy atom. The first-order valence-electron chi connectivity index (χ1n) is 8.64. The molecule has 1 heterocycles. The smallest absolute Gasteiger partial charge is 0.310 e. The molecule has 12 heteroatoms. The molecule has 0 atom stereocenters. The second-order valence-corrected chi connectivity index (χ2v) is 7.97. The number of aromatic hydroxyl groups is 1. The maximum absolute atomic E-state index is 12.5. The van der Waals surface area contributed by atoms with Gasteiger partial charge in [-0.1, -0.05) is 35.3 Å². The van der Waals surface area contributed by atoms with Crippen LogP contribution in [0.5, 0.6) is 5.75 Å². The van der Waals surface area contributed by atoms with Crippen LogP contribution in [0.4, 0.5) is 10.5 Å². The van der Waals surface area contributed by atoms with Gasteiger partial charge in [0.1, 0.15) is 0 Å². The third-order valence-electron chi connectivity index (χ3n) is 4.20. The van der Waals surface area contributed by atoms with Crippen LogP contribution in [0.3, 0.4) is 0 Å². The molecular formula is C19H13Cl2N3O6S. The maximum atomic E-state index is 12.5. The number of benzene rings is 2. The van der Waals surface area contributed by atoms with Crippen molar-refractivity contribution in [3.8, 4) is 5.75 Å². The number of phenolic OH excluding ortho intramolecular Hbond substituents is 1. The molecule has 31 heavy (non-hydrogen) atoms. The molecule has 1 fully saturated rings. The minimum absolute atomic E-state index is 0.00673. The van der Waals surface area contributed by atoms with Crippen molar-refractivity contribution in [2.75, 3.05) is 13.1 Å². The highest BCUT2D eigenvalue weighted by atomic mass is 35.5. The molecule has 0 spiro atoms. The lowest BCUT2D eigenvalue weighted by Gasteiger charge is -2.13. The number of nitrogens with zero attached hydrogens (tertiary/aromatic N) is 2. The molecule has 0 bridgehead atoms. The first-order chi connectivity index (χ1) is 14.7. The Labute approximate surface area is 189 Å². The van der Waals surface area contributed by atoms with Gasteiger partial charge in [-0.2, -0.15) is 0 Å². The van der Waals surface area contributed by atoms with Crippen molar-refractivity contribution in [2.45, 2.75) is 0 Å². The summed E-state index contributed by atoms with van der Waals surface area (Å²) in [6.07, 6.45) is 1.47. The van der Waals surface area contributed by atoms with Gasteiger partial charge in [-0.05, 0) is 41.6 Å². The summed E-state index contributed by atoms with van der Waals surface area (Å²) < 4.78 is 0. The number of hydrogen-bond acceptors (Lipinski definition) is 7. The van der Waals surface area contributed by atoms with Crippen molar-refractivity contribution >= 4 is 63.8 Å². The molecule has 3 amide bonds. The van der Waals surface area contributed by atoms with Gasteiger partial charge in [0.05, 0.1) is 19.9 Å². The summed E-state index contributed by atoms with van der Waals surface area (Å²) in [7, 11) is 0. The van der Waals surface area contributed by atoms with Gasteiger partial charge in [0.15, 0.2) is 5.75 Å². The van der Waals surface area contributed by atoms with E-state index >= 15 is 0 Å². The SMILES string of the molecule is O=C(NCCN1C(=O)S/C(=C\c2cccc(Cl)c2Cl)C1=O)c1ccc([N+](=O)[O-])c(O)c1. The topological polar surface area (TPSA) is 130 Å². The van der Waals surface area contributed by atoms with E-state index in [4.69, 9.17) is 23.2 Å². The van der Waals surface area contributed by atoms with E-state index < -0.39 is 33.4 Å². The Kier molecular flexibility index (Phi) is 6.84. The third kappa shape index (κ3) is 4.98. The van der Waals surface area contributed by atoms with E-state index in [-0.39, 0.29) is 28.6 Å². The second-order valence-electron chi connectivity index (χ2n) is 6.19. The fourth-order valence-corrected chi connectivity index (χ4v) is 3.89. The molecule has 9 nitrogen and oxygen atoms in total. The number of nitro benzene ring substituents is 1. The molecule has 3 rings (SSSR count). The zero-order valence-electron chi connectivity index (χ0n) is 15.5. The van der Waals surface area contributed by atoms with Crippen molar-refractivity contribution in [3.63, 3.8) is 0 Å². The van der Waals surface area contributed by atoms with Crippen molar-refractivity contribution in [2.24, 2.45) is 0 Å². The van der Waals surface area contributed by atoms with Crippen LogP contribution in [-0.2, 0) is 4.79 Å². The highest BCUT2D eigenvalue weighted by Gasteiger charge is 2.34. The van der Waals surface area contributed by atoms with E-state index in [0.717, 1.165) is 28.8 Å². The van der Waals surface area contributed by atoms with Crippen LogP contribution in [-0.4, -0.2) is 45.1 Å². The largest absolute Gasteiger partial charge is 0.502 e. The number of carbonyl (C=O) groups excluding carboxylic acids is 3. The average Bonchev–Trinajstić information content (AvgIpc) is 2.98. The summed E-state index contributed by atoms with van der Waals surface area (Å²) >= 11 is 12.8. The molecular weight excluding hydrogens is 469 g/mol. The predicted octanol–water partition coefficient (Wildman–Crippen LogP) is 4.07. The molecule has 1 aliphatic heterocycles. The first kappa shape index (κ1) is 22.6. The quantitative estimate of drug-likeness (QED) is 0.361. The van der Waals surface area contributed by atoms with E-state index in [0.29, 0.717) is 10.6 Å². The Morgan fingerprint density at radius 3 is 2.68 bits per heavy atom. The van der Waals surface area contributed by atoms with Crippen molar-refractivity contribution in [1.29, 1.82) is 0 Å². The van der Waals surface area contributed by atoms with Gasteiger partial charge >= 0.3 is 5.69 Å². The Balaban J connectivity index is 1.63. The number of hydrogen-bond donors (Lipinski definition) is 2. The molecule has 2 aromatic rings. The number of thioether (sulfide) groups is 1. The van der Waals surface area contributed by atoms with E-state index in [1.54, 1.807) is 18.2 Å². The zero-order valence-corrected chi connectivity index (χ0v) is 17.8. The summed E-state index contributed by atoms with van der Waals surface area (Å²) in [5, 5.41) is 22.9. The molecule has 2 aromatic carbocycles. The molecule has 0 radical (unpaired) electrons. The molecule has 0 saturated carbocycles. The highest BCUT2D eigenvalue weighted by Crippen LogP contribution is 2.34. The highest BCUT2D eigenvalue weighted by molar-refractivity contribution is 8.18. The van der Waals surface area contributed by atoms with Crippen LogP contribution in [0.2, 0.25) is 10.0 Å². The van der Waals surface area contributed by atoms with Crippen molar-refractivity contribution in [1.82, 2.24) is 10.2 Å². The maximum Gasteiger partial charge on any atom is 0.310 e. The summed E-state index contributed by atoms with van der Waals surface area (Å²) in [6.45, 7) is -0.143. The number of phenols is 1. The molecule has 0 aliphatic carbocycles. The molecule has 0 unspecified atom stereocenters. The van der Waals surface area contributed by atoms with E-state index in [9.17, 15) is 29.6 Å². The van der Waals surface area contributed by atoms with Gasteiger partial charge in [0.25, 0.3) is 17.1 Å². The average molecular weight is 482 g/mol. The molecule has 160 valence electrons. The standard InChI is InChI=1S/C19H13Cl2N3O6S/c20-12-3-1-2-10(16(12)21)9-15-18(27)23(19(28)31-15)7-6-22-17(26)11-4-5-13(24(29)30)14(25)8-11/h1-5,8-9,25H,6-7H2,(H,22,26)/b15-9-. The van der Waals surface area contributed by atoms with Crippen molar-refractivity contribution < 1.29 is 24.4 Å². The fourth-order valence-electron chi connectivity index (χ4n) is 2.67. The predicted molar refractivity (Wildman–Crippen MR) is 116 cm³/mol. The minimum atomic E-state index is -0.777. The number of rotatable bonds is 6. The first-order valence-corrected chi connectivity index (χ1v) is 10.2. The third-order valence-corrected chi connectivity index (χ3v) is 5.94. The number of halogens is 2. The Bertz CT molecular complexity index is 1140. The van der Waals surface area contributed by atoms with Gasteiger partial charge in [-0.3, -0.25) is 29.4 Å². The van der Waals surface area contributed by atoms with Crippen LogP contribution in [0.15, 0.2) is 41.3 Å². The monoisotopic (exact) mass is 481 g/mol. The summed E-state index contributed by atoms with van der Waals surface area (Å²) in [5.74, 6) is -1.81. The van der Waals surface area contributed by atoms with Crippen molar-refractivity contribution in [3.05, 3.63) is 72.6 Å². The van der Waals surface area contributed by atoms with Gasteiger partial charge in [0, 0.05) is 24.7 Å². The van der Waals surface area contributed by atoms with Crippen LogP contribution in [0.25, 0.3) is 6.08 Å². The van der Waals surface area contributed by atoms with Crippen LogP contribution >= 0.6 is 35.0 Å². The van der Waals surface area contributed by atoms with Gasteiger partial charge in [0.2, 0.25) is 0 Å². The number of nitro groups is 1. The molecule has 1 saturated heterocycles. The summed E-state index contributed by atoms with van der Waals surface area (Å²) in [5.41, 5.74) is -0.0420. The van der Waals surface area contributed by atoms with E-state index in [2.05, 4.69) is 5.32 Å². The van der Waals surface area contributed by atoms with Gasteiger partial charge < -0.3 is 10.4 Å². The lowest BCUT2D eigenvalue weighted by Crippen LogP contribution is -2.37.